The van der Waals surface area contributed by atoms with E-state index in [1.165, 1.54) is 12.5 Å². The first-order chi connectivity index (χ1) is 12.1. The van der Waals surface area contributed by atoms with Crippen LogP contribution in [0.2, 0.25) is 0 Å². The van der Waals surface area contributed by atoms with Crippen molar-refractivity contribution in [2.45, 2.75) is 44.1 Å². The highest BCUT2D eigenvalue weighted by molar-refractivity contribution is 7.98. The molecule has 3 fully saturated rings. The van der Waals surface area contributed by atoms with Gasteiger partial charge < -0.3 is 4.90 Å². The third-order valence-corrected chi connectivity index (χ3v) is 5.79. The lowest BCUT2D eigenvalue weighted by Gasteiger charge is -2.57. The summed E-state index contributed by atoms with van der Waals surface area (Å²) in [6.45, 7) is 6.56. The van der Waals surface area contributed by atoms with Crippen LogP contribution in [0.5, 0.6) is 0 Å². The number of anilines is 1. The molecule has 3 saturated heterocycles. The number of aromatic nitrogens is 3. The summed E-state index contributed by atoms with van der Waals surface area (Å²) in [5, 5.41) is 0.829. The number of rotatable bonds is 4. The Labute approximate surface area is 151 Å². The lowest BCUT2D eigenvalue weighted by Crippen LogP contribution is -2.69. The van der Waals surface area contributed by atoms with Crippen LogP contribution in [0.1, 0.15) is 23.4 Å². The number of fused-ring (bicyclic) bond motifs is 2. The fraction of sp³-hybridized carbons (Fsp3) is 0.500. The van der Waals surface area contributed by atoms with Gasteiger partial charge in [-0.3, -0.25) is 9.88 Å². The minimum atomic E-state index is -0.217. The molecule has 0 aromatic carbocycles. The highest BCUT2D eigenvalue weighted by Crippen LogP contribution is 2.38. The molecule has 0 aliphatic carbocycles. The number of hydrogen-bond acceptors (Lipinski definition) is 6. The van der Waals surface area contributed by atoms with Crippen LogP contribution in [0, 0.1) is 19.7 Å². The minimum Gasteiger partial charge on any atom is -0.348 e. The van der Waals surface area contributed by atoms with Crippen molar-refractivity contribution in [3.63, 3.8) is 0 Å². The SMILES string of the molecule is CSc1nc(C)c(C)c(N2C3CC2CN(Cc2ncccc2F)C3)n1. The number of nitrogens with zero attached hydrogens (tertiary/aromatic N) is 5. The molecular weight excluding hydrogens is 337 g/mol. The zero-order valence-corrected chi connectivity index (χ0v) is 15.6. The van der Waals surface area contributed by atoms with Crippen LogP contribution in [-0.4, -0.2) is 51.3 Å². The number of piperidine rings is 1. The van der Waals surface area contributed by atoms with E-state index in [1.807, 2.05) is 13.2 Å². The van der Waals surface area contributed by atoms with Crippen LogP contribution in [0.15, 0.2) is 23.5 Å². The summed E-state index contributed by atoms with van der Waals surface area (Å²) >= 11 is 1.58. The fourth-order valence-electron chi connectivity index (χ4n) is 3.85. The Morgan fingerprint density at radius 2 is 2.00 bits per heavy atom. The number of halogens is 1. The van der Waals surface area contributed by atoms with Gasteiger partial charge in [-0.05, 0) is 38.7 Å². The molecule has 2 aromatic heterocycles. The zero-order chi connectivity index (χ0) is 17.6. The standard InChI is InChI=1S/C18H22FN5S/c1-11-12(2)21-18(25-3)22-17(11)24-13-7-14(24)9-23(8-13)10-16-15(19)5-4-6-20-16/h4-6,13-14H,7-10H2,1-3H3. The first-order valence-corrected chi connectivity index (χ1v) is 9.78. The molecule has 2 atom stereocenters. The Kier molecular flexibility index (Phi) is 4.37. The Bertz CT molecular complexity index is 787. The van der Waals surface area contributed by atoms with E-state index < -0.39 is 0 Å². The fourth-order valence-corrected chi connectivity index (χ4v) is 4.26. The van der Waals surface area contributed by atoms with Crippen molar-refractivity contribution in [1.82, 2.24) is 19.9 Å². The topological polar surface area (TPSA) is 45.2 Å². The summed E-state index contributed by atoms with van der Waals surface area (Å²) < 4.78 is 13.9. The van der Waals surface area contributed by atoms with Crippen molar-refractivity contribution in [2.75, 3.05) is 24.2 Å². The van der Waals surface area contributed by atoms with Gasteiger partial charge in [-0.1, -0.05) is 11.8 Å². The predicted molar refractivity (Wildman–Crippen MR) is 97.4 cm³/mol. The quantitative estimate of drug-likeness (QED) is 0.618. The van der Waals surface area contributed by atoms with Gasteiger partial charge >= 0.3 is 0 Å². The second-order valence-corrected chi connectivity index (χ2v) is 7.59. The molecule has 5 nitrogen and oxygen atoms in total. The van der Waals surface area contributed by atoms with E-state index in [9.17, 15) is 4.39 Å². The Hall–Kier alpha value is -1.73. The van der Waals surface area contributed by atoms with Gasteiger partial charge in [-0.15, -0.1) is 0 Å². The summed E-state index contributed by atoms with van der Waals surface area (Å²) in [5.41, 5.74) is 2.75. The van der Waals surface area contributed by atoms with E-state index >= 15 is 0 Å². The third kappa shape index (κ3) is 3.00. The van der Waals surface area contributed by atoms with Gasteiger partial charge in [0.2, 0.25) is 0 Å². The van der Waals surface area contributed by atoms with Gasteiger partial charge in [0.1, 0.15) is 11.6 Å². The summed E-state index contributed by atoms with van der Waals surface area (Å²) in [5.74, 6) is 0.854. The number of pyridine rings is 1. The Morgan fingerprint density at radius 3 is 2.68 bits per heavy atom. The van der Waals surface area contributed by atoms with Gasteiger partial charge in [0.05, 0.1) is 5.69 Å². The summed E-state index contributed by atoms with van der Waals surface area (Å²) in [4.78, 5) is 18.2. The number of hydrogen-bond donors (Lipinski definition) is 0. The number of thioether (sulfide) groups is 1. The van der Waals surface area contributed by atoms with E-state index in [0.29, 0.717) is 24.3 Å². The maximum absolute atomic E-state index is 13.9. The second-order valence-electron chi connectivity index (χ2n) is 6.82. The largest absolute Gasteiger partial charge is 0.348 e. The second kappa shape index (κ2) is 6.53. The van der Waals surface area contributed by atoms with Crippen LogP contribution in [0.25, 0.3) is 0 Å². The molecule has 2 aromatic rings. The molecule has 0 amide bonds. The summed E-state index contributed by atoms with van der Waals surface area (Å²) in [6.07, 6.45) is 4.85. The summed E-state index contributed by atoms with van der Waals surface area (Å²) in [7, 11) is 0. The van der Waals surface area contributed by atoms with Crippen molar-refractivity contribution < 1.29 is 4.39 Å². The number of piperazine rings is 1. The molecule has 5 rings (SSSR count). The molecule has 2 unspecified atom stereocenters. The first kappa shape index (κ1) is 16.7. The lowest BCUT2D eigenvalue weighted by atomic mass is 9.86. The first-order valence-electron chi connectivity index (χ1n) is 8.56. The lowest BCUT2D eigenvalue weighted by molar-refractivity contribution is 0.105. The van der Waals surface area contributed by atoms with Crippen molar-refractivity contribution in [3.8, 4) is 0 Å². The molecule has 0 spiro atoms. The highest BCUT2D eigenvalue weighted by Gasteiger charge is 2.46. The van der Waals surface area contributed by atoms with Crippen LogP contribution < -0.4 is 4.90 Å². The van der Waals surface area contributed by atoms with Crippen LogP contribution >= 0.6 is 11.8 Å². The van der Waals surface area contributed by atoms with Crippen LogP contribution in [-0.2, 0) is 6.54 Å². The smallest absolute Gasteiger partial charge is 0.189 e. The van der Waals surface area contributed by atoms with E-state index in [4.69, 9.17) is 4.98 Å². The molecule has 0 saturated carbocycles. The van der Waals surface area contributed by atoms with Gasteiger partial charge in [0.15, 0.2) is 5.16 Å². The van der Waals surface area contributed by atoms with Crippen molar-refractivity contribution in [3.05, 3.63) is 41.1 Å². The molecule has 25 heavy (non-hydrogen) atoms. The molecule has 5 heterocycles. The third-order valence-electron chi connectivity index (χ3n) is 5.25. The molecule has 3 aliphatic heterocycles. The average molecular weight is 359 g/mol. The van der Waals surface area contributed by atoms with E-state index in [-0.39, 0.29) is 5.82 Å². The number of aryl methyl sites for hydroxylation is 1. The van der Waals surface area contributed by atoms with Crippen molar-refractivity contribution >= 4 is 17.6 Å². The Morgan fingerprint density at radius 1 is 1.24 bits per heavy atom. The monoisotopic (exact) mass is 359 g/mol. The van der Waals surface area contributed by atoms with E-state index in [1.54, 1.807) is 24.0 Å². The zero-order valence-electron chi connectivity index (χ0n) is 14.7. The van der Waals surface area contributed by atoms with Gasteiger partial charge in [0.25, 0.3) is 0 Å². The normalized spacial score (nSPS) is 22.8. The van der Waals surface area contributed by atoms with Crippen LogP contribution in [0.3, 0.4) is 0 Å². The van der Waals surface area contributed by atoms with Crippen molar-refractivity contribution in [1.29, 1.82) is 0 Å². The molecule has 132 valence electrons. The van der Waals surface area contributed by atoms with Gasteiger partial charge in [0, 0.05) is 49.2 Å². The van der Waals surface area contributed by atoms with Gasteiger partial charge in [-0.25, -0.2) is 14.4 Å². The van der Waals surface area contributed by atoms with Gasteiger partial charge in [-0.2, -0.15) is 0 Å². The molecule has 3 aliphatic rings. The molecule has 0 radical (unpaired) electrons. The molecule has 2 bridgehead atoms. The van der Waals surface area contributed by atoms with Crippen molar-refractivity contribution in [2.24, 2.45) is 0 Å². The molecular formula is C18H22FN5S. The summed E-state index contributed by atoms with van der Waals surface area (Å²) in [6, 6.07) is 4.00. The maximum Gasteiger partial charge on any atom is 0.189 e. The highest BCUT2D eigenvalue weighted by atomic mass is 32.2. The predicted octanol–water partition coefficient (Wildman–Crippen LogP) is 2.81. The van der Waals surface area contributed by atoms with Crippen LogP contribution in [0.4, 0.5) is 10.2 Å². The minimum absolute atomic E-state index is 0.217. The van der Waals surface area contributed by atoms with E-state index in [0.717, 1.165) is 35.3 Å². The van der Waals surface area contributed by atoms with E-state index in [2.05, 4.69) is 26.7 Å². The molecule has 0 N–H and O–H groups in total. The Balaban J connectivity index is 1.51. The maximum atomic E-state index is 13.9. The molecule has 7 heteroatoms. The average Bonchev–Trinajstić information content (AvgIpc) is 2.60.